The Morgan fingerprint density at radius 3 is 2.32 bits per heavy atom. The molecule has 0 saturated carbocycles. The molecule has 2 rings (SSSR count). The maximum atomic E-state index is 13.6. The second-order valence-corrected chi connectivity index (χ2v) is 4.06. The second kappa shape index (κ2) is 6.42. The molecule has 0 fully saturated rings. The summed E-state index contributed by atoms with van der Waals surface area (Å²) in [6, 6.07) is 9.61. The van der Waals surface area contributed by atoms with Gasteiger partial charge in [-0.05, 0) is 24.3 Å². The molecule has 0 radical (unpaired) electrons. The molecule has 0 aromatic heterocycles. The first-order valence-corrected chi connectivity index (χ1v) is 5.95. The Bertz CT molecular complexity index is 671. The summed E-state index contributed by atoms with van der Waals surface area (Å²) in [7, 11) is 0. The third kappa shape index (κ3) is 4.18. The van der Waals surface area contributed by atoms with Crippen molar-refractivity contribution in [2.75, 3.05) is 5.43 Å². The van der Waals surface area contributed by atoms with Crippen molar-refractivity contribution in [3.8, 4) is 5.75 Å². The minimum atomic E-state index is -5.03. The number of nitrogens with zero attached hydrogens (tertiary/aromatic N) is 1. The summed E-state index contributed by atoms with van der Waals surface area (Å²) in [5.41, 5.74) is 2.25. The zero-order valence-electron chi connectivity index (χ0n) is 10.9. The van der Waals surface area contributed by atoms with Crippen LogP contribution < -0.4 is 10.2 Å². The van der Waals surface area contributed by atoms with Crippen molar-refractivity contribution < 1.29 is 26.7 Å². The molecule has 0 aliphatic rings. The van der Waals surface area contributed by atoms with Crippen LogP contribution in [0.15, 0.2) is 47.6 Å². The maximum absolute atomic E-state index is 13.6. The Hall–Kier alpha value is -2.64. The number of halogens is 5. The molecule has 0 unspecified atom stereocenters. The number of para-hydroxylation sites is 1. The molecule has 0 saturated heterocycles. The van der Waals surface area contributed by atoms with Gasteiger partial charge in [-0.15, -0.1) is 13.2 Å². The van der Waals surface area contributed by atoms with Gasteiger partial charge in [0.25, 0.3) is 0 Å². The summed E-state index contributed by atoms with van der Waals surface area (Å²) < 4.78 is 67.1. The Labute approximate surface area is 122 Å². The van der Waals surface area contributed by atoms with Gasteiger partial charge in [0, 0.05) is 0 Å². The minimum absolute atomic E-state index is 0.522. The monoisotopic (exact) mass is 316 g/mol. The summed E-state index contributed by atoms with van der Waals surface area (Å²) >= 11 is 0. The van der Waals surface area contributed by atoms with Gasteiger partial charge in [0.1, 0.15) is 5.75 Å². The highest BCUT2D eigenvalue weighted by atomic mass is 19.4. The van der Waals surface area contributed by atoms with Crippen molar-refractivity contribution in [3.05, 3.63) is 59.7 Å². The lowest BCUT2D eigenvalue weighted by Gasteiger charge is -2.12. The normalized spacial score (nSPS) is 11.7. The van der Waals surface area contributed by atoms with Gasteiger partial charge in [0.2, 0.25) is 0 Å². The fraction of sp³-hybridized carbons (Fsp3) is 0.0714. The molecule has 2 aromatic rings. The van der Waals surface area contributed by atoms with Gasteiger partial charge in [-0.25, -0.2) is 8.78 Å². The van der Waals surface area contributed by atoms with E-state index >= 15 is 0 Å². The van der Waals surface area contributed by atoms with Crippen LogP contribution in [0.1, 0.15) is 5.56 Å². The lowest BCUT2D eigenvalue weighted by molar-refractivity contribution is -0.274. The molecule has 3 nitrogen and oxygen atoms in total. The van der Waals surface area contributed by atoms with Crippen LogP contribution in [-0.2, 0) is 0 Å². The average molecular weight is 316 g/mol. The van der Waals surface area contributed by atoms with Gasteiger partial charge in [0.15, 0.2) is 11.6 Å². The quantitative estimate of drug-likeness (QED) is 0.518. The van der Waals surface area contributed by atoms with Gasteiger partial charge >= 0.3 is 6.36 Å². The predicted octanol–water partition coefficient (Wildman–Crippen LogP) is 4.31. The van der Waals surface area contributed by atoms with E-state index in [1.54, 1.807) is 30.3 Å². The SMILES string of the molecule is Fc1ccc(OC(F)(F)F)c(C=NNc2ccccc2)c1F. The number of hydrogen-bond donors (Lipinski definition) is 1. The predicted molar refractivity (Wildman–Crippen MR) is 70.7 cm³/mol. The van der Waals surface area contributed by atoms with Crippen molar-refractivity contribution in [3.63, 3.8) is 0 Å². The Kier molecular flexibility index (Phi) is 4.59. The second-order valence-electron chi connectivity index (χ2n) is 4.06. The molecule has 0 bridgehead atoms. The summed E-state index contributed by atoms with van der Waals surface area (Å²) in [6.45, 7) is 0. The maximum Gasteiger partial charge on any atom is 0.573 e. The number of benzene rings is 2. The fourth-order valence-electron chi connectivity index (χ4n) is 1.57. The van der Waals surface area contributed by atoms with E-state index in [1.165, 1.54) is 0 Å². The molecule has 1 N–H and O–H groups in total. The zero-order chi connectivity index (χ0) is 16.2. The number of hydrogen-bond acceptors (Lipinski definition) is 3. The number of hydrazone groups is 1. The Morgan fingerprint density at radius 2 is 1.68 bits per heavy atom. The fourth-order valence-corrected chi connectivity index (χ4v) is 1.57. The highest BCUT2D eigenvalue weighted by Crippen LogP contribution is 2.28. The molecular formula is C14H9F5N2O. The van der Waals surface area contributed by atoms with Gasteiger partial charge in [-0.3, -0.25) is 5.43 Å². The smallest absolute Gasteiger partial charge is 0.405 e. The summed E-state index contributed by atoms with van der Waals surface area (Å²) in [5.74, 6) is -3.68. The number of ether oxygens (including phenoxy) is 1. The topological polar surface area (TPSA) is 33.6 Å². The zero-order valence-corrected chi connectivity index (χ0v) is 10.9. The van der Waals surface area contributed by atoms with Gasteiger partial charge in [-0.1, -0.05) is 18.2 Å². The molecule has 22 heavy (non-hydrogen) atoms. The van der Waals surface area contributed by atoms with Crippen LogP contribution in [0.25, 0.3) is 0 Å². The number of alkyl halides is 3. The van der Waals surface area contributed by atoms with E-state index < -0.39 is 29.3 Å². The standard InChI is InChI=1S/C14H9F5N2O/c15-11-6-7-12(22-14(17,18)19)10(13(11)16)8-20-21-9-4-2-1-3-5-9/h1-8,21H. The van der Waals surface area contributed by atoms with Crippen LogP contribution in [-0.4, -0.2) is 12.6 Å². The van der Waals surface area contributed by atoms with Crippen LogP contribution in [0.3, 0.4) is 0 Å². The molecule has 0 aliphatic carbocycles. The van der Waals surface area contributed by atoms with Crippen LogP contribution in [0, 0.1) is 11.6 Å². The molecule has 0 amide bonds. The molecule has 0 atom stereocenters. The van der Waals surface area contributed by atoms with Crippen LogP contribution >= 0.6 is 0 Å². The Balaban J connectivity index is 2.26. The van der Waals surface area contributed by atoms with Crippen molar-refractivity contribution in [1.82, 2.24) is 0 Å². The van der Waals surface area contributed by atoms with Crippen molar-refractivity contribution in [2.24, 2.45) is 5.10 Å². The number of nitrogens with one attached hydrogen (secondary N) is 1. The summed E-state index contributed by atoms with van der Waals surface area (Å²) in [4.78, 5) is 0. The molecule has 8 heteroatoms. The van der Waals surface area contributed by atoms with Crippen LogP contribution in [0.4, 0.5) is 27.6 Å². The molecule has 0 heterocycles. The number of anilines is 1. The molecule has 0 aliphatic heterocycles. The van der Waals surface area contributed by atoms with E-state index in [0.29, 0.717) is 24.0 Å². The average Bonchev–Trinajstić information content (AvgIpc) is 2.46. The lowest BCUT2D eigenvalue weighted by Crippen LogP contribution is -2.18. The largest absolute Gasteiger partial charge is 0.573 e. The van der Waals surface area contributed by atoms with E-state index in [0.717, 1.165) is 0 Å². The van der Waals surface area contributed by atoms with Crippen molar-refractivity contribution >= 4 is 11.9 Å². The van der Waals surface area contributed by atoms with E-state index in [9.17, 15) is 22.0 Å². The lowest BCUT2D eigenvalue weighted by atomic mass is 10.2. The summed E-state index contributed by atoms with van der Waals surface area (Å²) in [5, 5.41) is 3.58. The van der Waals surface area contributed by atoms with E-state index in [4.69, 9.17) is 0 Å². The van der Waals surface area contributed by atoms with Gasteiger partial charge < -0.3 is 4.74 Å². The molecular weight excluding hydrogens is 307 g/mol. The molecule has 0 spiro atoms. The first kappa shape index (κ1) is 15.7. The van der Waals surface area contributed by atoms with Crippen molar-refractivity contribution in [1.29, 1.82) is 0 Å². The first-order valence-electron chi connectivity index (χ1n) is 5.95. The Morgan fingerprint density at radius 1 is 1.00 bits per heavy atom. The van der Waals surface area contributed by atoms with Crippen LogP contribution in [0.2, 0.25) is 0 Å². The first-order chi connectivity index (χ1) is 10.4. The van der Waals surface area contributed by atoms with Crippen molar-refractivity contribution in [2.45, 2.75) is 6.36 Å². The van der Waals surface area contributed by atoms with E-state index in [-0.39, 0.29) is 0 Å². The molecule has 2 aromatic carbocycles. The minimum Gasteiger partial charge on any atom is -0.405 e. The highest BCUT2D eigenvalue weighted by Gasteiger charge is 2.32. The van der Waals surface area contributed by atoms with Gasteiger partial charge in [-0.2, -0.15) is 5.10 Å². The van der Waals surface area contributed by atoms with Gasteiger partial charge in [0.05, 0.1) is 17.5 Å². The highest BCUT2D eigenvalue weighted by molar-refractivity contribution is 5.84. The summed E-state index contributed by atoms with van der Waals surface area (Å²) in [6.07, 6.45) is -4.31. The van der Waals surface area contributed by atoms with E-state index in [2.05, 4.69) is 15.3 Å². The third-order valence-electron chi connectivity index (χ3n) is 2.48. The van der Waals surface area contributed by atoms with E-state index in [1.807, 2.05) is 0 Å². The molecule has 116 valence electrons. The van der Waals surface area contributed by atoms with Crippen LogP contribution in [0.5, 0.6) is 5.75 Å². The third-order valence-corrected chi connectivity index (χ3v) is 2.48. The number of rotatable bonds is 4.